The molecule has 1 aromatic rings. The first-order valence-corrected chi connectivity index (χ1v) is 4.33. The molecule has 5 heteroatoms. The number of aromatic nitrogens is 3. The van der Waals surface area contributed by atoms with E-state index in [-0.39, 0.29) is 0 Å². The summed E-state index contributed by atoms with van der Waals surface area (Å²) in [6.45, 7) is 0.510. The second-order valence-corrected chi connectivity index (χ2v) is 2.72. The summed E-state index contributed by atoms with van der Waals surface area (Å²) in [6, 6.07) is 0. The molecule has 4 nitrogen and oxygen atoms in total. The van der Waals surface area contributed by atoms with Crippen LogP contribution in [0.25, 0.3) is 0 Å². The van der Waals surface area contributed by atoms with E-state index in [0.717, 1.165) is 17.0 Å². The summed E-state index contributed by atoms with van der Waals surface area (Å²) in [4.78, 5) is 0. The maximum absolute atomic E-state index is 4.93. The molecular formula is C6H10BrN3O. The van der Waals surface area contributed by atoms with E-state index in [1.165, 1.54) is 0 Å². The average molecular weight is 220 g/mol. The zero-order chi connectivity index (χ0) is 8.27. The van der Waals surface area contributed by atoms with E-state index in [1.54, 1.807) is 7.11 Å². The summed E-state index contributed by atoms with van der Waals surface area (Å²) in [5.41, 5.74) is 0. The molecule has 0 unspecified atom stereocenters. The third kappa shape index (κ3) is 1.78. The maximum Gasteiger partial charge on any atom is 0.158 e. The van der Waals surface area contributed by atoms with Gasteiger partial charge in [0.1, 0.15) is 12.4 Å². The zero-order valence-corrected chi connectivity index (χ0v) is 8.13. The van der Waals surface area contributed by atoms with Crippen LogP contribution in [0.5, 0.6) is 0 Å². The topological polar surface area (TPSA) is 39.9 Å². The van der Waals surface area contributed by atoms with Crippen LogP contribution in [0.1, 0.15) is 11.6 Å². The lowest BCUT2D eigenvalue weighted by atomic mass is 10.6. The molecule has 1 rings (SSSR count). The van der Waals surface area contributed by atoms with Crippen LogP contribution >= 0.6 is 15.9 Å². The highest BCUT2D eigenvalue weighted by atomic mass is 79.9. The molecule has 0 aliphatic rings. The summed E-state index contributed by atoms with van der Waals surface area (Å²) in [5.74, 6) is 1.76. The highest BCUT2D eigenvalue weighted by Gasteiger charge is 2.05. The lowest BCUT2D eigenvalue weighted by Gasteiger charge is -1.99. The Labute approximate surface area is 73.7 Å². The number of methoxy groups -OCH3 is 1. The van der Waals surface area contributed by atoms with Crippen LogP contribution in [0.3, 0.4) is 0 Å². The van der Waals surface area contributed by atoms with Gasteiger partial charge in [0.25, 0.3) is 0 Å². The summed E-state index contributed by atoms with van der Waals surface area (Å²) in [7, 11) is 3.56. The van der Waals surface area contributed by atoms with Gasteiger partial charge in [-0.1, -0.05) is 15.9 Å². The molecule has 11 heavy (non-hydrogen) atoms. The molecular weight excluding hydrogens is 210 g/mol. The molecule has 1 aromatic heterocycles. The van der Waals surface area contributed by atoms with E-state index in [9.17, 15) is 0 Å². The van der Waals surface area contributed by atoms with Crippen molar-refractivity contribution in [2.45, 2.75) is 11.9 Å². The van der Waals surface area contributed by atoms with Crippen molar-refractivity contribution in [3.63, 3.8) is 0 Å². The lowest BCUT2D eigenvalue weighted by molar-refractivity contribution is 0.175. The summed E-state index contributed by atoms with van der Waals surface area (Å²) in [6.07, 6.45) is 0. The van der Waals surface area contributed by atoms with Gasteiger partial charge >= 0.3 is 0 Å². The fourth-order valence-corrected chi connectivity index (χ4v) is 1.26. The van der Waals surface area contributed by atoms with Crippen LogP contribution in [0.2, 0.25) is 0 Å². The number of nitrogens with zero attached hydrogens (tertiary/aromatic N) is 3. The molecule has 0 aliphatic heterocycles. The van der Waals surface area contributed by atoms with Crippen LogP contribution in [-0.2, 0) is 23.7 Å². The molecule has 0 radical (unpaired) electrons. The van der Waals surface area contributed by atoms with Gasteiger partial charge in [0.15, 0.2) is 5.82 Å². The molecule has 0 amide bonds. The second-order valence-electron chi connectivity index (χ2n) is 2.16. The van der Waals surface area contributed by atoms with Crippen LogP contribution < -0.4 is 0 Å². The molecule has 0 aliphatic carbocycles. The summed E-state index contributed by atoms with van der Waals surface area (Å²) >= 11 is 3.31. The third-order valence-corrected chi connectivity index (χ3v) is 1.95. The number of alkyl halides is 1. The largest absolute Gasteiger partial charge is 0.377 e. The Bertz CT molecular complexity index is 236. The number of hydrogen-bond acceptors (Lipinski definition) is 3. The predicted octanol–water partition coefficient (Wildman–Crippen LogP) is 0.856. The van der Waals surface area contributed by atoms with Gasteiger partial charge in [-0.3, -0.25) is 0 Å². The monoisotopic (exact) mass is 219 g/mol. The van der Waals surface area contributed by atoms with Gasteiger partial charge in [-0.05, 0) is 0 Å². The van der Waals surface area contributed by atoms with Crippen molar-refractivity contribution in [2.24, 2.45) is 7.05 Å². The zero-order valence-electron chi connectivity index (χ0n) is 6.54. The first-order valence-electron chi connectivity index (χ1n) is 3.21. The molecule has 0 spiro atoms. The highest BCUT2D eigenvalue weighted by molar-refractivity contribution is 9.08. The molecule has 0 saturated heterocycles. The fraction of sp³-hybridized carbons (Fsp3) is 0.667. The van der Waals surface area contributed by atoms with Crippen LogP contribution in [0, 0.1) is 0 Å². The average Bonchev–Trinajstić information content (AvgIpc) is 2.34. The first kappa shape index (κ1) is 8.67. The van der Waals surface area contributed by atoms with Gasteiger partial charge < -0.3 is 9.30 Å². The minimum atomic E-state index is 0.510. The lowest BCUT2D eigenvalue weighted by Crippen LogP contribution is -2.01. The van der Waals surface area contributed by atoms with E-state index in [1.807, 2.05) is 11.6 Å². The summed E-state index contributed by atoms with van der Waals surface area (Å²) < 4.78 is 6.84. The van der Waals surface area contributed by atoms with Gasteiger partial charge in [-0.15, -0.1) is 10.2 Å². The van der Waals surface area contributed by atoms with E-state index in [0.29, 0.717) is 6.61 Å². The molecule has 0 aromatic carbocycles. The van der Waals surface area contributed by atoms with Gasteiger partial charge in [-0.25, -0.2) is 0 Å². The van der Waals surface area contributed by atoms with Gasteiger partial charge in [0.2, 0.25) is 0 Å². The van der Waals surface area contributed by atoms with E-state index in [2.05, 4.69) is 26.1 Å². The van der Waals surface area contributed by atoms with Crippen LogP contribution in [0.4, 0.5) is 0 Å². The summed E-state index contributed by atoms with van der Waals surface area (Å²) in [5, 5.41) is 8.60. The molecule has 0 bridgehead atoms. The van der Waals surface area contributed by atoms with Gasteiger partial charge in [0.05, 0.1) is 5.33 Å². The predicted molar refractivity (Wildman–Crippen MR) is 44.3 cm³/mol. The van der Waals surface area contributed by atoms with Gasteiger partial charge in [0, 0.05) is 14.2 Å². The highest BCUT2D eigenvalue weighted by Crippen LogP contribution is 2.03. The second kappa shape index (κ2) is 3.82. The van der Waals surface area contributed by atoms with Crippen LogP contribution in [-0.4, -0.2) is 21.9 Å². The molecule has 0 N–H and O–H groups in total. The Morgan fingerprint density at radius 1 is 1.45 bits per heavy atom. The van der Waals surface area contributed by atoms with Crippen molar-refractivity contribution in [1.82, 2.24) is 14.8 Å². The number of ether oxygens (including phenoxy) is 1. The molecule has 0 fully saturated rings. The van der Waals surface area contributed by atoms with Crippen molar-refractivity contribution >= 4 is 15.9 Å². The van der Waals surface area contributed by atoms with E-state index >= 15 is 0 Å². The minimum absolute atomic E-state index is 0.510. The fourth-order valence-electron chi connectivity index (χ4n) is 0.770. The van der Waals surface area contributed by atoms with Crippen molar-refractivity contribution in [3.8, 4) is 0 Å². The Hall–Kier alpha value is -0.420. The Balaban J connectivity index is 2.82. The Morgan fingerprint density at radius 2 is 2.09 bits per heavy atom. The third-order valence-electron chi connectivity index (χ3n) is 1.45. The van der Waals surface area contributed by atoms with Crippen molar-refractivity contribution in [2.75, 3.05) is 7.11 Å². The Morgan fingerprint density at radius 3 is 2.55 bits per heavy atom. The molecule has 1 heterocycles. The normalized spacial score (nSPS) is 10.5. The molecule has 62 valence electrons. The standard InChI is InChI=1S/C6H10BrN3O/c1-10-5(3-7)8-9-6(10)4-11-2/h3-4H2,1-2H3. The smallest absolute Gasteiger partial charge is 0.158 e. The number of hydrogen-bond donors (Lipinski definition) is 0. The quantitative estimate of drug-likeness (QED) is 0.709. The van der Waals surface area contributed by atoms with Gasteiger partial charge in [-0.2, -0.15) is 0 Å². The van der Waals surface area contributed by atoms with Crippen molar-refractivity contribution in [3.05, 3.63) is 11.6 Å². The van der Waals surface area contributed by atoms with Crippen molar-refractivity contribution in [1.29, 1.82) is 0 Å². The van der Waals surface area contributed by atoms with E-state index in [4.69, 9.17) is 4.74 Å². The SMILES string of the molecule is COCc1nnc(CBr)n1C. The minimum Gasteiger partial charge on any atom is -0.377 e. The molecule has 0 saturated carbocycles. The number of halogens is 1. The Kier molecular flexibility index (Phi) is 3.02. The maximum atomic E-state index is 4.93. The number of rotatable bonds is 3. The van der Waals surface area contributed by atoms with Crippen molar-refractivity contribution < 1.29 is 4.74 Å². The van der Waals surface area contributed by atoms with E-state index < -0.39 is 0 Å². The van der Waals surface area contributed by atoms with Crippen LogP contribution in [0.15, 0.2) is 0 Å². The first-order chi connectivity index (χ1) is 5.29. The molecule has 0 atom stereocenters.